The van der Waals surface area contributed by atoms with E-state index in [1.165, 1.54) is 7.11 Å². The summed E-state index contributed by atoms with van der Waals surface area (Å²) in [6, 6.07) is 10.8. The molecule has 2 rings (SSSR count). The SMILES string of the molecule is COc1ccccc1C(=O)N/N=C\c1cc(C(C)C)c(O)c(C(C)C)c1. The van der Waals surface area contributed by atoms with Crippen molar-refractivity contribution in [2.75, 3.05) is 7.11 Å². The third-order valence-corrected chi connectivity index (χ3v) is 4.17. The fraction of sp³-hybridized carbons (Fsp3) is 0.333. The monoisotopic (exact) mass is 354 g/mol. The molecule has 0 aliphatic heterocycles. The van der Waals surface area contributed by atoms with Gasteiger partial charge in [0.15, 0.2) is 0 Å². The summed E-state index contributed by atoms with van der Waals surface area (Å²) in [7, 11) is 1.52. The molecule has 1 amide bonds. The first-order chi connectivity index (χ1) is 12.3. The second-order valence-corrected chi connectivity index (χ2v) is 6.76. The second-order valence-electron chi connectivity index (χ2n) is 6.76. The van der Waals surface area contributed by atoms with E-state index in [2.05, 4.69) is 10.5 Å². The van der Waals surface area contributed by atoms with E-state index in [4.69, 9.17) is 4.74 Å². The zero-order valence-corrected chi connectivity index (χ0v) is 15.9. The van der Waals surface area contributed by atoms with Gasteiger partial charge < -0.3 is 9.84 Å². The van der Waals surface area contributed by atoms with Crippen LogP contribution in [0.15, 0.2) is 41.5 Å². The number of phenolic OH excluding ortho intramolecular Hbond substituents is 1. The molecule has 2 aromatic carbocycles. The summed E-state index contributed by atoms with van der Waals surface area (Å²) in [5.74, 6) is 0.859. The molecule has 138 valence electrons. The van der Waals surface area contributed by atoms with Gasteiger partial charge in [0.2, 0.25) is 0 Å². The number of methoxy groups -OCH3 is 1. The van der Waals surface area contributed by atoms with Gasteiger partial charge >= 0.3 is 0 Å². The number of hydrazone groups is 1. The minimum Gasteiger partial charge on any atom is -0.507 e. The van der Waals surface area contributed by atoms with E-state index < -0.39 is 0 Å². The zero-order chi connectivity index (χ0) is 19.3. The molecule has 2 N–H and O–H groups in total. The first kappa shape index (κ1) is 19.5. The summed E-state index contributed by atoms with van der Waals surface area (Å²) < 4.78 is 5.19. The van der Waals surface area contributed by atoms with Crippen molar-refractivity contribution < 1.29 is 14.6 Å². The number of aromatic hydroxyl groups is 1. The van der Waals surface area contributed by atoms with E-state index in [1.54, 1.807) is 30.5 Å². The number of para-hydroxylation sites is 1. The smallest absolute Gasteiger partial charge is 0.275 e. The third kappa shape index (κ3) is 4.42. The van der Waals surface area contributed by atoms with Gasteiger partial charge in [-0.1, -0.05) is 39.8 Å². The van der Waals surface area contributed by atoms with E-state index >= 15 is 0 Å². The normalized spacial score (nSPS) is 11.3. The fourth-order valence-electron chi connectivity index (χ4n) is 2.72. The van der Waals surface area contributed by atoms with E-state index in [-0.39, 0.29) is 17.7 Å². The van der Waals surface area contributed by atoms with Crippen LogP contribution >= 0.6 is 0 Å². The van der Waals surface area contributed by atoms with Gasteiger partial charge in [-0.25, -0.2) is 5.43 Å². The fourth-order valence-corrected chi connectivity index (χ4v) is 2.72. The van der Waals surface area contributed by atoms with E-state index in [9.17, 15) is 9.90 Å². The topological polar surface area (TPSA) is 70.9 Å². The zero-order valence-electron chi connectivity index (χ0n) is 15.9. The average molecular weight is 354 g/mol. The standard InChI is InChI=1S/C21H26N2O3/c1-13(2)17-10-15(11-18(14(3)4)20(17)24)12-22-23-21(25)16-8-6-7-9-19(16)26-5/h6-14,24H,1-5H3,(H,23,25)/b22-12-. The molecule has 0 atom stereocenters. The number of ether oxygens (including phenoxy) is 1. The largest absolute Gasteiger partial charge is 0.507 e. The molecule has 0 heterocycles. The van der Waals surface area contributed by atoms with Gasteiger partial charge in [0.05, 0.1) is 18.9 Å². The average Bonchev–Trinajstić information content (AvgIpc) is 2.62. The van der Waals surface area contributed by atoms with Crippen LogP contribution in [0.25, 0.3) is 0 Å². The molecule has 0 bridgehead atoms. The Kier molecular flexibility index (Phi) is 6.39. The van der Waals surface area contributed by atoms with Crippen LogP contribution in [-0.2, 0) is 0 Å². The van der Waals surface area contributed by atoms with Gasteiger partial charge in [-0.15, -0.1) is 0 Å². The lowest BCUT2D eigenvalue weighted by atomic mass is 9.92. The highest BCUT2D eigenvalue weighted by atomic mass is 16.5. The molecule has 0 fully saturated rings. The van der Waals surface area contributed by atoms with E-state index in [0.29, 0.717) is 17.1 Å². The Morgan fingerprint density at radius 1 is 1.12 bits per heavy atom. The number of rotatable bonds is 6. The second kappa shape index (κ2) is 8.52. The Balaban J connectivity index is 2.23. The number of hydrogen-bond donors (Lipinski definition) is 2. The van der Waals surface area contributed by atoms with Crippen molar-refractivity contribution in [3.8, 4) is 11.5 Å². The number of benzene rings is 2. The number of nitrogens with zero attached hydrogens (tertiary/aromatic N) is 1. The van der Waals surface area contributed by atoms with Gasteiger partial charge in [0.1, 0.15) is 11.5 Å². The van der Waals surface area contributed by atoms with Gasteiger partial charge in [0, 0.05) is 0 Å². The molecular formula is C21H26N2O3. The van der Waals surface area contributed by atoms with Crippen LogP contribution in [0, 0.1) is 0 Å². The van der Waals surface area contributed by atoms with Crippen LogP contribution in [0.1, 0.15) is 66.6 Å². The first-order valence-corrected chi connectivity index (χ1v) is 8.68. The molecule has 0 aliphatic carbocycles. The van der Waals surface area contributed by atoms with Crippen molar-refractivity contribution >= 4 is 12.1 Å². The van der Waals surface area contributed by atoms with Crippen LogP contribution in [0.5, 0.6) is 11.5 Å². The Labute approximate surface area is 154 Å². The minimum absolute atomic E-state index is 0.184. The molecule has 0 saturated heterocycles. The Bertz CT molecular complexity index is 782. The maximum absolute atomic E-state index is 12.3. The summed E-state index contributed by atoms with van der Waals surface area (Å²) in [6.45, 7) is 8.13. The maximum Gasteiger partial charge on any atom is 0.275 e. The molecule has 0 aliphatic rings. The summed E-state index contributed by atoms with van der Waals surface area (Å²) in [4.78, 5) is 12.3. The molecule has 5 heteroatoms. The van der Waals surface area contributed by atoms with Crippen LogP contribution in [-0.4, -0.2) is 24.3 Å². The summed E-state index contributed by atoms with van der Waals surface area (Å²) >= 11 is 0. The number of amides is 1. The van der Waals surface area contributed by atoms with Crippen LogP contribution in [0.4, 0.5) is 0 Å². The van der Waals surface area contributed by atoms with Crippen molar-refractivity contribution in [3.63, 3.8) is 0 Å². The Hall–Kier alpha value is -2.82. The number of hydrogen-bond acceptors (Lipinski definition) is 4. The molecule has 0 saturated carbocycles. The number of carbonyl (C=O) groups excluding carboxylic acids is 1. The summed E-state index contributed by atoms with van der Waals surface area (Å²) in [6.07, 6.45) is 1.59. The lowest BCUT2D eigenvalue weighted by molar-refractivity contribution is 0.0952. The highest BCUT2D eigenvalue weighted by molar-refractivity contribution is 5.97. The number of phenols is 1. The van der Waals surface area contributed by atoms with Crippen molar-refractivity contribution in [2.24, 2.45) is 5.10 Å². The molecular weight excluding hydrogens is 328 g/mol. The molecule has 0 unspecified atom stereocenters. The molecule has 0 aromatic heterocycles. The lowest BCUT2D eigenvalue weighted by Crippen LogP contribution is -2.18. The molecule has 5 nitrogen and oxygen atoms in total. The van der Waals surface area contributed by atoms with Crippen molar-refractivity contribution in [3.05, 3.63) is 58.7 Å². The van der Waals surface area contributed by atoms with Gasteiger partial charge in [0.25, 0.3) is 5.91 Å². The van der Waals surface area contributed by atoms with Gasteiger partial charge in [-0.3, -0.25) is 4.79 Å². The lowest BCUT2D eigenvalue weighted by Gasteiger charge is -2.16. The minimum atomic E-state index is -0.342. The van der Waals surface area contributed by atoms with Crippen molar-refractivity contribution in [1.82, 2.24) is 5.43 Å². The summed E-state index contributed by atoms with van der Waals surface area (Å²) in [5.41, 5.74) is 5.51. The quantitative estimate of drug-likeness (QED) is 0.596. The first-order valence-electron chi connectivity index (χ1n) is 8.68. The molecule has 26 heavy (non-hydrogen) atoms. The van der Waals surface area contributed by atoms with Gasteiger partial charge in [-0.05, 0) is 52.8 Å². The van der Waals surface area contributed by atoms with E-state index in [0.717, 1.165) is 16.7 Å². The van der Waals surface area contributed by atoms with Crippen molar-refractivity contribution in [2.45, 2.75) is 39.5 Å². The maximum atomic E-state index is 12.3. The molecule has 0 spiro atoms. The van der Waals surface area contributed by atoms with Crippen molar-refractivity contribution in [1.29, 1.82) is 0 Å². The molecule has 0 radical (unpaired) electrons. The third-order valence-electron chi connectivity index (χ3n) is 4.17. The Morgan fingerprint density at radius 3 is 2.23 bits per heavy atom. The Morgan fingerprint density at radius 2 is 1.69 bits per heavy atom. The highest BCUT2D eigenvalue weighted by Crippen LogP contribution is 2.34. The predicted octanol–water partition coefficient (Wildman–Crippen LogP) is 4.41. The van der Waals surface area contributed by atoms with Crippen LogP contribution < -0.4 is 10.2 Å². The number of carbonyl (C=O) groups is 1. The van der Waals surface area contributed by atoms with Crippen LogP contribution in [0.3, 0.4) is 0 Å². The van der Waals surface area contributed by atoms with Gasteiger partial charge in [-0.2, -0.15) is 5.10 Å². The number of nitrogens with one attached hydrogen (secondary N) is 1. The summed E-state index contributed by atoms with van der Waals surface area (Å²) in [5, 5.41) is 14.5. The van der Waals surface area contributed by atoms with E-state index in [1.807, 2.05) is 39.8 Å². The molecule has 2 aromatic rings. The van der Waals surface area contributed by atoms with Crippen LogP contribution in [0.2, 0.25) is 0 Å². The highest BCUT2D eigenvalue weighted by Gasteiger charge is 2.15. The predicted molar refractivity (Wildman–Crippen MR) is 104 cm³/mol.